The molecule has 0 saturated carbocycles. The van der Waals surface area contributed by atoms with Gasteiger partial charge in [-0.2, -0.15) is 13.2 Å². The van der Waals surface area contributed by atoms with Gasteiger partial charge in [-0.15, -0.1) is 0 Å². The Hall–Kier alpha value is -4.15. The maximum atomic E-state index is 13.2. The monoisotopic (exact) mass is 512 g/mol. The Bertz CT molecular complexity index is 1330. The van der Waals surface area contributed by atoms with E-state index in [1.54, 1.807) is 48.6 Å². The van der Waals surface area contributed by atoms with E-state index in [0.717, 1.165) is 17.9 Å². The summed E-state index contributed by atoms with van der Waals surface area (Å²) in [4.78, 5) is 44.2. The third-order valence-electron chi connectivity index (χ3n) is 6.98. The van der Waals surface area contributed by atoms with Gasteiger partial charge in [-0.3, -0.25) is 19.9 Å². The molecule has 3 aliphatic heterocycles. The summed E-state index contributed by atoms with van der Waals surface area (Å²) in [6, 6.07) is 3.73. The molecule has 0 radical (unpaired) electrons. The van der Waals surface area contributed by atoms with E-state index in [1.807, 2.05) is 0 Å². The Kier molecular flexibility index (Phi) is 6.01. The van der Waals surface area contributed by atoms with Gasteiger partial charge in [0, 0.05) is 36.2 Å². The largest absolute Gasteiger partial charge is 0.497 e. The van der Waals surface area contributed by atoms with Gasteiger partial charge in [0.1, 0.15) is 11.3 Å². The van der Waals surface area contributed by atoms with Gasteiger partial charge in [0.05, 0.1) is 19.7 Å². The Morgan fingerprint density at radius 2 is 2.00 bits per heavy atom. The molecule has 2 unspecified atom stereocenters. The number of amides is 4. The predicted molar refractivity (Wildman–Crippen MR) is 128 cm³/mol. The number of aliphatic imine (C=N–C) groups is 1. The maximum absolute atomic E-state index is 13.2. The van der Waals surface area contributed by atoms with Crippen molar-refractivity contribution >= 4 is 24.1 Å². The summed E-state index contributed by atoms with van der Waals surface area (Å²) in [5.74, 6) is -1.06. The van der Waals surface area contributed by atoms with Crippen molar-refractivity contribution < 1.29 is 32.3 Å². The number of rotatable bonds is 5. The number of carbonyl (C=O) groups excluding carboxylic acids is 3. The van der Waals surface area contributed by atoms with Crippen molar-refractivity contribution in [2.75, 3.05) is 13.7 Å². The lowest BCUT2D eigenvalue weighted by Crippen LogP contribution is -2.59. The molecule has 0 aromatic heterocycles. The van der Waals surface area contributed by atoms with Crippen LogP contribution in [0.5, 0.6) is 5.75 Å². The molecule has 1 fully saturated rings. The number of hydrogen-bond donors (Lipinski definition) is 2. The van der Waals surface area contributed by atoms with Crippen molar-refractivity contribution in [2.24, 2.45) is 10.9 Å². The number of dihydropyridines is 1. The minimum Gasteiger partial charge on any atom is -0.497 e. The molecule has 1 aromatic rings. The zero-order valence-corrected chi connectivity index (χ0v) is 19.7. The summed E-state index contributed by atoms with van der Waals surface area (Å²) in [6.45, 7) is 0.133. The molecular weight excluding hydrogens is 489 g/mol. The first-order valence-corrected chi connectivity index (χ1v) is 11.6. The molecule has 0 bridgehead atoms. The predicted octanol–water partition coefficient (Wildman–Crippen LogP) is 3.23. The van der Waals surface area contributed by atoms with Gasteiger partial charge in [-0.1, -0.05) is 36.4 Å². The number of carbonyl (C=O) groups is 3. The molecule has 1 saturated heterocycles. The molecule has 8 nitrogen and oxygen atoms in total. The number of methoxy groups -OCH3 is 1. The molecule has 1 aromatic carbocycles. The van der Waals surface area contributed by atoms with E-state index in [2.05, 4.69) is 15.6 Å². The highest BCUT2D eigenvalue weighted by Gasteiger charge is 2.53. The topological polar surface area (TPSA) is 100 Å². The van der Waals surface area contributed by atoms with Crippen molar-refractivity contribution in [3.8, 4) is 5.75 Å². The maximum Gasteiger partial charge on any atom is 0.412 e. The molecule has 2 N–H and O–H groups in total. The number of halogens is 3. The molecular formula is C26H23F3N4O4. The van der Waals surface area contributed by atoms with Gasteiger partial charge < -0.3 is 15.0 Å². The van der Waals surface area contributed by atoms with Crippen LogP contribution in [0.4, 0.5) is 18.0 Å². The number of hydrogen-bond acceptors (Lipinski definition) is 5. The zero-order valence-electron chi connectivity index (χ0n) is 19.7. The summed E-state index contributed by atoms with van der Waals surface area (Å²) in [5.41, 5.74) is -0.429. The standard InChI is InChI=1S/C26H23F3N4O4/c1-37-19-8-6-16-13-33(22(34)20(16)12-19)14-25(23(35)31-24(36)32-25)17-4-2-3-15(5-7-17)21-11-18(9-10-30-21)26(27,28)29/h2-10,12,17,21H,11,13-14H2,1H3,(H2,31,32,35,36)/t17?,21?,25-/m0/s1. The summed E-state index contributed by atoms with van der Waals surface area (Å²) in [7, 11) is 1.50. The smallest absolute Gasteiger partial charge is 0.412 e. The average molecular weight is 512 g/mol. The van der Waals surface area contributed by atoms with Gasteiger partial charge in [-0.25, -0.2) is 4.79 Å². The summed E-state index contributed by atoms with van der Waals surface area (Å²) in [6.07, 6.45) is 5.59. The molecule has 4 aliphatic rings. The first-order chi connectivity index (χ1) is 17.6. The molecule has 11 heteroatoms. The van der Waals surface area contributed by atoms with Gasteiger partial charge in [0.25, 0.3) is 11.8 Å². The van der Waals surface area contributed by atoms with Gasteiger partial charge in [0.15, 0.2) is 0 Å². The van der Waals surface area contributed by atoms with E-state index in [-0.39, 0.29) is 25.4 Å². The lowest BCUT2D eigenvalue weighted by Gasteiger charge is -2.34. The second-order valence-electron chi connectivity index (χ2n) is 9.21. The van der Waals surface area contributed by atoms with Crippen molar-refractivity contribution in [3.63, 3.8) is 0 Å². The normalized spacial score (nSPS) is 26.9. The lowest BCUT2D eigenvalue weighted by molar-refractivity contribution is -0.125. The van der Waals surface area contributed by atoms with Crippen LogP contribution in [0.1, 0.15) is 22.3 Å². The van der Waals surface area contributed by atoms with E-state index in [1.165, 1.54) is 12.0 Å². The number of alkyl halides is 3. The van der Waals surface area contributed by atoms with E-state index in [0.29, 0.717) is 16.9 Å². The van der Waals surface area contributed by atoms with E-state index in [4.69, 9.17) is 4.74 Å². The lowest BCUT2D eigenvalue weighted by atomic mass is 9.82. The SMILES string of the molecule is COc1ccc2c(c1)C(=O)N(C[C@@]1(C3C=CC=C(C4CC(C(F)(F)F)=CC=N4)C=C3)NC(=O)NC1=O)C2. The molecule has 5 rings (SSSR count). The van der Waals surface area contributed by atoms with Crippen LogP contribution in [0.15, 0.2) is 70.8 Å². The molecule has 1 aliphatic carbocycles. The summed E-state index contributed by atoms with van der Waals surface area (Å²) < 4.78 is 44.9. The molecule has 4 amide bonds. The number of urea groups is 1. The first kappa shape index (κ1) is 24.5. The highest BCUT2D eigenvalue weighted by molar-refractivity contribution is 6.08. The van der Waals surface area contributed by atoms with Crippen LogP contribution < -0.4 is 15.4 Å². The Balaban J connectivity index is 1.39. The van der Waals surface area contributed by atoms with E-state index >= 15 is 0 Å². The van der Waals surface area contributed by atoms with Crippen LogP contribution in [0.25, 0.3) is 0 Å². The summed E-state index contributed by atoms with van der Waals surface area (Å²) in [5, 5.41) is 4.96. The Morgan fingerprint density at radius 1 is 1.19 bits per heavy atom. The number of imide groups is 1. The quantitative estimate of drug-likeness (QED) is 0.592. The highest BCUT2D eigenvalue weighted by atomic mass is 19.4. The van der Waals surface area contributed by atoms with Crippen LogP contribution in [0.2, 0.25) is 0 Å². The minimum atomic E-state index is -4.45. The fourth-order valence-corrected chi connectivity index (χ4v) is 5.00. The van der Waals surface area contributed by atoms with Crippen LogP contribution in [-0.4, -0.2) is 60.4 Å². The fraction of sp³-hybridized carbons (Fsp3) is 0.308. The van der Waals surface area contributed by atoms with E-state index < -0.39 is 41.2 Å². The summed E-state index contributed by atoms with van der Waals surface area (Å²) >= 11 is 0. The van der Waals surface area contributed by atoms with Crippen molar-refractivity contribution in [1.82, 2.24) is 15.5 Å². The molecule has 0 spiro atoms. The third-order valence-corrected chi connectivity index (χ3v) is 6.98. The average Bonchev–Trinajstić information content (AvgIpc) is 3.19. The zero-order chi connectivity index (χ0) is 26.4. The molecule has 3 atom stereocenters. The Morgan fingerprint density at radius 3 is 2.70 bits per heavy atom. The van der Waals surface area contributed by atoms with E-state index in [9.17, 15) is 27.6 Å². The van der Waals surface area contributed by atoms with Crippen molar-refractivity contribution in [2.45, 2.75) is 30.7 Å². The number of nitrogens with zero attached hydrogens (tertiary/aromatic N) is 2. The van der Waals surface area contributed by atoms with Crippen LogP contribution in [-0.2, 0) is 11.3 Å². The molecule has 192 valence electrons. The number of ether oxygens (including phenoxy) is 1. The second-order valence-corrected chi connectivity index (χ2v) is 9.21. The third kappa shape index (κ3) is 4.45. The Labute approximate surface area is 210 Å². The minimum absolute atomic E-state index is 0.113. The fourth-order valence-electron chi connectivity index (χ4n) is 5.00. The van der Waals surface area contributed by atoms with Crippen molar-refractivity contribution in [1.29, 1.82) is 0 Å². The number of allylic oxidation sites excluding steroid dienone is 3. The first-order valence-electron chi connectivity index (χ1n) is 11.6. The number of fused-ring (bicyclic) bond motifs is 1. The van der Waals surface area contributed by atoms with Crippen molar-refractivity contribution in [3.05, 3.63) is 76.9 Å². The number of benzene rings is 1. The van der Waals surface area contributed by atoms with Gasteiger partial charge in [0.2, 0.25) is 0 Å². The van der Waals surface area contributed by atoms with Crippen LogP contribution in [0, 0.1) is 5.92 Å². The second kappa shape index (κ2) is 9.06. The van der Waals surface area contributed by atoms with Crippen LogP contribution >= 0.6 is 0 Å². The molecule has 3 heterocycles. The highest BCUT2D eigenvalue weighted by Crippen LogP contribution is 2.36. The van der Waals surface area contributed by atoms with Gasteiger partial charge in [-0.05, 0) is 29.3 Å². The number of nitrogens with one attached hydrogen (secondary N) is 2. The van der Waals surface area contributed by atoms with Crippen LogP contribution in [0.3, 0.4) is 0 Å². The molecule has 37 heavy (non-hydrogen) atoms. The van der Waals surface area contributed by atoms with Gasteiger partial charge >= 0.3 is 12.2 Å².